The summed E-state index contributed by atoms with van der Waals surface area (Å²) in [5.41, 5.74) is 8.86. The maximum absolute atomic E-state index is 13.5. The van der Waals surface area contributed by atoms with Crippen LogP contribution < -0.4 is 10.1 Å². The molecule has 1 unspecified atom stereocenters. The number of hydrogen-bond donors (Lipinski definition) is 1. The van der Waals surface area contributed by atoms with Crippen LogP contribution in [0.1, 0.15) is 46.7 Å². The van der Waals surface area contributed by atoms with Gasteiger partial charge in [-0.25, -0.2) is 4.98 Å². The number of methoxy groups -OCH3 is 1. The highest BCUT2D eigenvalue weighted by atomic mass is 16.5. The minimum atomic E-state index is 0.114. The van der Waals surface area contributed by atoms with Crippen molar-refractivity contribution in [2.24, 2.45) is 5.92 Å². The Kier molecular flexibility index (Phi) is 5.45. The van der Waals surface area contributed by atoms with Crippen molar-refractivity contribution in [2.45, 2.75) is 39.0 Å². The van der Waals surface area contributed by atoms with E-state index in [2.05, 4.69) is 61.6 Å². The second kappa shape index (κ2) is 8.65. The largest absolute Gasteiger partial charge is 0.497 e. The molecule has 0 spiro atoms. The van der Waals surface area contributed by atoms with Gasteiger partial charge in [0, 0.05) is 18.0 Å². The summed E-state index contributed by atoms with van der Waals surface area (Å²) >= 11 is 0. The van der Waals surface area contributed by atoms with Gasteiger partial charge in [0.25, 0.3) is 0 Å². The lowest BCUT2D eigenvalue weighted by atomic mass is 9.91. The van der Waals surface area contributed by atoms with E-state index in [1.807, 2.05) is 16.7 Å². The highest BCUT2D eigenvalue weighted by Gasteiger charge is 2.34. The Morgan fingerprint density at radius 2 is 1.63 bits per heavy atom. The van der Waals surface area contributed by atoms with E-state index in [9.17, 15) is 4.79 Å². The van der Waals surface area contributed by atoms with Crippen molar-refractivity contribution in [3.05, 3.63) is 71.3 Å². The molecule has 1 saturated heterocycles. The van der Waals surface area contributed by atoms with Crippen LogP contribution in [0.15, 0.2) is 54.6 Å². The Morgan fingerprint density at radius 3 is 2.23 bits per heavy atom. The molecule has 3 aromatic carbocycles. The lowest BCUT2D eigenvalue weighted by Crippen LogP contribution is -2.15. The summed E-state index contributed by atoms with van der Waals surface area (Å²) in [6, 6.07) is 18.8. The Hall–Kier alpha value is -3.44. The van der Waals surface area contributed by atoms with E-state index in [0.717, 1.165) is 77.2 Å². The number of carbonyl (C=O) groups excluding carboxylic acids is 1. The lowest BCUT2D eigenvalue weighted by Gasteiger charge is -2.15. The summed E-state index contributed by atoms with van der Waals surface area (Å²) in [7, 11) is 1.68. The standard InChI is InChI=1S/C30H31N3O2/c1-18-16-26(24-14-15-31-17-24)19(2)27-28(18)33(30(34)23-8-9-23)29(32-27)22-6-4-20(5-7-22)21-10-12-25(35-3)13-11-21/h4-7,10-13,16,23-24,31H,8-9,14-15,17H2,1-3H3. The van der Waals surface area contributed by atoms with Gasteiger partial charge in [-0.05, 0) is 85.5 Å². The second-order valence-electron chi connectivity index (χ2n) is 9.98. The predicted molar refractivity (Wildman–Crippen MR) is 140 cm³/mol. The molecule has 4 aromatic rings. The summed E-state index contributed by atoms with van der Waals surface area (Å²) in [4.78, 5) is 18.7. The van der Waals surface area contributed by atoms with Crippen molar-refractivity contribution >= 4 is 16.9 Å². The third kappa shape index (κ3) is 3.84. The van der Waals surface area contributed by atoms with Crippen LogP contribution in [0.2, 0.25) is 0 Å². The van der Waals surface area contributed by atoms with Gasteiger partial charge in [-0.15, -0.1) is 0 Å². The van der Waals surface area contributed by atoms with E-state index in [4.69, 9.17) is 9.72 Å². The van der Waals surface area contributed by atoms with Crippen LogP contribution in [0.5, 0.6) is 5.75 Å². The number of ether oxygens (including phenoxy) is 1. The summed E-state index contributed by atoms with van der Waals surface area (Å²) < 4.78 is 7.20. The molecule has 6 rings (SSSR count). The number of nitrogens with zero attached hydrogens (tertiary/aromatic N) is 2. The summed E-state index contributed by atoms with van der Waals surface area (Å²) in [5, 5.41) is 3.49. The van der Waals surface area contributed by atoms with Gasteiger partial charge < -0.3 is 10.1 Å². The Morgan fingerprint density at radius 1 is 0.971 bits per heavy atom. The van der Waals surface area contributed by atoms with Crippen LogP contribution in [0, 0.1) is 19.8 Å². The number of nitrogens with one attached hydrogen (secondary N) is 1. The van der Waals surface area contributed by atoms with Gasteiger partial charge in [0.05, 0.1) is 18.1 Å². The zero-order valence-electron chi connectivity index (χ0n) is 20.6. The maximum Gasteiger partial charge on any atom is 0.235 e. The molecule has 0 radical (unpaired) electrons. The minimum absolute atomic E-state index is 0.114. The van der Waals surface area contributed by atoms with E-state index in [-0.39, 0.29) is 11.8 Å². The van der Waals surface area contributed by atoms with Crippen LogP contribution in [-0.2, 0) is 0 Å². The van der Waals surface area contributed by atoms with E-state index in [0.29, 0.717) is 5.92 Å². The highest BCUT2D eigenvalue weighted by Crippen LogP contribution is 2.39. The molecule has 5 nitrogen and oxygen atoms in total. The van der Waals surface area contributed by atoms with Crippen molar-refractivity contribution < 1.29 is 9.53 Å². The Balaban J connectivity index is 1.47. The first kappa shape index (κ1) is 22.1. The number of hydrogen-bond acceptors (Lipinski definition) is 4. The average Bonchev–Trinajstić information content (AvgIpc) is 3.44. The van der Waals surface area contributed by atoms with E-state index >= 15 is 0 Å². The van der Waals surface area contributed by atoms with Gasteiger partial charge in [0.1, 0.15) is 11.6 Å². The Labute approximate surface area is 206 Å². The highest BCUT2D eigenvalue weighted by molar-refractivity contribution is 5.99. The monoisotopic (exact) mass is 465 g/mol. The molecule has 1 atom stereocenters. The van der Waals surface area contributed by atoms with Crippen LogP contribution in [-0.4, -0.2) is 35.7 Å². The lowest BCUT2D eigenvalue weighted by molar-refractivity contribution is 0.0893. The van der Waals surface area contributed by atoms with Crippen LogP contribution in [0.4, 0.5) is 0 Å². The zero-order valence-corrected chi connectivity index (χ0v) is 20.6. The Bertz CT molecular complexity index is 1410. The number of aromatic nitrogens is 2. The molecule has 1 aromatic heterocycles. The molecule has 2 aliphatic rings. The molecule has 5 heteroatoms. The molecule has 2 fully saturated rings. The summed E-state index contributed by atoms with van der Waals surface area (Å²) in [5.74, 6) is 2.40. The number of rotatable bonds is 5. The SMILES string of the molecule is COc1ccc(-c2ccc(-c3nc4c(C)c(C5CCNC5)cc(C)c4n3C(=O)C3CC3)cc2)cc1. The fourth-order valence-corrected chi connectivity index (χ4v) is 5.45. The first-order valence-corrected chi connectivity index (χ1v) is 12.6. The second-order valence-corrected chi connectivity index (χ2v) is 9.98. The van der Waals surface area contributed by atoms with Gasteiger partial charge in [-0.3, -0.25) is 9.36 Å². The van der Waals surface area contributed by atoms with Gasteiger partial charge in [0.15, 0.2) is 0 Å². The van der Waals surface area contributed by atoms with Crippen molar-refractivity contribution in [1.29, 1.82) is 0 Å². The number of carbonyl (C=O) groups is 1. The summed E-state index contributed by atoms with van der Waals surface area (Å²) in [6.45, 7) is 6.36. The third-order valence-electron chi connectivity index (χ3n) is 7.62. The van der Waals surface area contributed by atoms with Gasteiger partial charge in [-0.1, -0.05) is 42.5 Å². The molecule has 178 valence electrons. The smallest absolute Gasteiger partial charge is 0.235 e. The maximum atomic E-state index is 13.5. The molecule has 2 heterocycles. The van der Waals surface area contributed by atoms with Crippen molar-refractivity contribution in [3.63, 3.8) is 0 Å². The van der Waals surface area contributed by atoms with Crippen molar-refractivity contribution in [3.8, 4) is 28.3 Å². The van der Waals surface area contributed by atoms with E-state index in [1.54, 1.807) is 7.11 Å². The molecule has 1 aliphatic carbocycles. The van der Waals surface area contributed by atoms with Crippen LogP contribution >= 0.6 is 0 Å². The predicted octanol–water partition coefficient (Wildman–Crippen LogP) is 6.12. The number of aryl methyl sites for hydroxylation is 2. The van der Waals surface area contributed by atoms with Crippen LogP contribution in [0.25, 0.3) is 33.5 Å². The van der Waals surface area contributed by atoms with Gasteiger partial charge in [-0.2, -0.15) is 0 Å². The average molecular weight is 466 g/mol. The molecular formula is C30H31N3O2. The third-order valence-corrected chi connectivity index (χ3v) is 7.62. The first-order chi connectivity index (χ1) is 17.0. The number of imidazole rings is 1. The summed E-state index contributed by atoms with van der Waals surface area (Å²) in [6.07, 6.45) is 3.09. The number of fused-ring (bicyclic) bond motifs is 1. The molecule has 0 bridgehead atoms. The zero-order chi connectivity index (χ0) is 24.1. The molecule has 0 amide bonds. The topological polar surface area (TPSA) is 56.1 Å². The van der Waals surface area contributed by atoms with E-state index in [1.165, 1.54) is 11.1 Å². The van der Waals surface area contributed by atoms with Gasteiger partial charge >= 0.3 is 0 Å². The molecular weight excluding hydrogens is 434 g/mol. The quantitative estimate of drug-likeness (QED) is 0.386. The van der Waals surface area contributed by atoms with Crippen molar-refractivity contribution in [1.82, 2.24) is 14.9 Å². The molecule has 1 saturated carbocycles. The fraction of sp³-hybridized carbons (Fsp3) is 0.333. The first-order valence-electron chi connectivity index (χ1n) is 12.6. The fourth-order valence-electron chi connectivity index (χ4n) is 5.45. The normalized spacial score (nSPS) is 17.7. The van der Waals surface area contributed by atoms with Crippen LogP contribution in [0.3, 0.4) is 0 Å². The number of benzene rings is 3. The van der Waals surface area contributed by atoms with Crippen molar-refractivity contribution in [2.75, 3.05) is 20.2 Å². The molecule has 35 heavy (non-hydrogen) atoms. The molecule has 1 aliphatic heterocycles. The van der Waals surface area contributed by atoms with Gasteiger partial charge in [0.2, 0.25) is 5.91 Å². The minimum Gasteiger partial charge on any atom is -0.497 e. The van der Waals surface area contributed by atoms with E-state index < -0.39 is 0 Å². The molecule has 1 N–H and O–H groups in total.